The molecular formula is C14H19ClN2O3. The Morgan fingerprint density at radius 1 is 1.50 bits per heavy atom. The second-order valence-corrected chi connectivity index (χ2v) is 5.77. The molecule has 1 saturated heterocycles. The largest absolute Gasteiger partial charge is 0.481 e. The molecule has 110 valence electrons. The van der Waals surface area contributed by atoms with Crippen LogP contribution in [-0.4, -0.2) is 39.5 Å². The van der Waals surface area contributed by atoms with Gasteiger partial charge in [0.1, 0.15) is 5.69 Å². The highest BCUT2D eigenvalue weighted by atomic mass is 35.5. The van der Waals surface area contributed by atoms with Gasteiger partial charge in [0, 0.05) is 31.7 Å². The summed E-state index contributed by atoms with van der Waals surface area (Å²) in [7, 11) is 0. The van der Waals surface area contributed by atoms with Gasteiger partial charge in [-0.3, -0.25) is 9.59 Å². The molecule has 5 nitrogen and oxygen atoms in total. The number of carboxylic acids is 1. The minimum absolute atomic E-state index is 0.0431. The van der Waals surface area contributed by atoms with Crippen molar-refractivity contribution in [2.45, 2.75) is 26.8 Å². The molecule has 6 heteroatoms. The minimum atomic E-state index is -0.806. The lowest BCUT2D eigenvalue weighted by Gasteiger charge is -2.41. The maximum atomic E-state index is 12.4. The number of hydrogen-bond acceptors (Lipinski definition) is 2. The van der Waals surface area contributed by atoms with Crippen LogP contribution < -0.4 is 0 Å². The Morgan fingerprint density at radius 3 is 2.70 bits per heavy atom. The van der Waals surface area contributed by atoms with Crippen molar-refractivity contribution in [2.24, 2.45) is 11.8 Å². The highest BCUT2D eigenvalue weighted by Gasteiger charge is 2.38. The van der Waals surface area contributed by atoms with E-state index in [4.69, 9.17) is 16.7 Å². The molecule has 2 heterocycles. The van der Waals surface area contributed by atoms with Gasteiger partial charge in [-0.25, -0.2) is 0 Å². The van der Waals surface area contributed by atoms with Gasteiger partial charge in [-0.05, 0) is 12.5 Å². The molecular weight excluding hydrogens is 280 g/mol. The van der Waals surface area contributed by atoms with E-state index >= 15 is 0 Å². The molecule has 1 aliphatic heterocycles. The monoisotopic (exact) mass is 298 g/mol. The summed E-state index contributed by atoms with van der Waals surface area (Å²) in [6.07, 6.45) is 2.68. The highest BCUT2D eigenvalue weighted by molar-refractivity contribution is 6.31. The second-order valence-electron chi connectivity index (χ2n) is 5.33. The van der Waals surface area contributed by atoms with Crippen LogP contribution >= 0.6 is 11.6 Å². The van der Waals surface area contributed by atoms with Gasteiger partial charge in [0.2, 0.25) is 0 Å². The fraction of sp³-hybridized carbons (Fsp3) is 0.571. The summed E-state index contributed by atoms with van der Waals surface area (Å²) in [5, 5.41) is 9.51. The van der Waals surface area contributed by atoms with Gasteiger partial charge in [-0.2, -0.15) is 0 Å². The molecule has 1 unspecified atom stereocenters. The minimum Gasteiger partial charge on any atom is -0.481 e. The first kappa shape index (κ1) is 14.9. The maximum absolute atomic E-state index is 12.4. The van der Waals surface area contributed by atoms with Crippen molar-refractivity contribution in [3.8, 4) is 0 Å². The molecule has 20 heavy (non-hydrogen) atoms. The van der Waals surface area contributed by atoms with Crippen molar-refractivity contribution in [3.63, 3.8) is 0 Å². The molecule has 0 aliphatic carbocycles. The van der Waals surface area contributed by atoms with Crippen LogP contribution in [0.5, 0.6) is 0 Å². The van der Waals surface area contributed by atoms with E-state index in [2.05, 4.69) is 0 Å². The van der Waals surface area contributed by atoms with E-state index < -0.39 is 11.9 Å². The average molecular weight is 299 g/mol. The van der Waals surface area contributed by atoms with E-state index in [-0.39, 0.29) is 11.8 Å². The third-order valence-electron chi connectivity index (χ3n) is 3.84. The molecule has 0 bridgehead atoms. The number of aromatic nitrogens is 1. The van der Waals surface area contributed by atoms with Gasteiger partial charge in [-0.1, -0.05) is 25.4 Å². The molecule has 1 amide bonds. The summed E-state index contributed by atoms with van der Waals surface area (Å²) in [6.45, 7) is 5.47. The van der Waals surface area contributed by atoms with Gasteiger partial charge in [0.25, 0.3) is 5.91 Å². The van der Waals surface area contributed by atoms with Crippen LogP contribution in [0.25, 0.3) is 0 Å². The molecule has 0 saturated carbocycles. The fourth-order valence-corrected chi connectivity index (χ4v) is 2.66. The van der Waals surface area contributed by atoms with E-state index in [0.29, 0.717) is 23.8 Å². The summed E-state index contributed by atoms with van der Waals surface area (Å²) < 4.78 is 1.86. The van der Waals surface area contributed by atoms with Crippen LogP contribution in [0, 0.1) is 11.8 Å². The maximum Gasteiger partial charge on any atom is 0.306 e. The molecule has 0 radical (unpaired) electrons. The number of nitrogens with zero attached hydrogens (tertiary/aromatic N) is 2. The molecule has 1 atom stereocenters. The lowest BCUT2D eigenvalue weighted by atomic mass is 9.87. The summed E-state index contributed by atoms with van der Waals surface area (Å²) in [6, 6.07) is 1.67. The van der Waals surface area contributed by atoms with E-state index in [1.807, 2.05) is 11.5 Å². The van der Waals surface area contributed by atoms with Gasteiger partial charge in [0.15, 0.2) is 0 Å². The number of carbonyl (C=O) groups excluding carboxylic acids is 1. The number of aryl methyl sites for hydroxylation is 1. The van der Waals surface area contributed by atoms with Crippen molar-refractivity contribution >= 4 is 23.5 Å². The van der Waals surface area contributed by atoms with Crippen molar-refractivity contribution in [2.75, 3.05) is 13.1 Å². The van der Waals surface area contributed by atoms with Crippen molar-refractivity contribution in [3.05, 3.63) is 23.0 Å². The van der Waals surface area contributed by atoms with Crippen molar-refractivity contribution < 1.29 is 14.7 Å². The zero-order valence-corrected chi connectivity index (χ0v) is 12.4. The summed E-state index contributed by atoms with van der Waals surface area (Å²) in [5.74, 6) is -1.25. The smallest absolute Gasteiger partial charge is 0.306 e. The molecule has 0 aromatic carbocycles. The highest BCUT2D eigenvalue weighted by Crippen LogP contribution is 2.26. The third-order valence-corrected chi connectivity index (χ3v) is 4.05. The number of likely N-dealkylation sites (tertiary alicyclic amines) is 1. The van der Waals surface area contributed by atoms with Crippen LogP contribution in [0.1, 0.15) is 30.8 Å². The molecule has 0 spiro atoms. The third kappa shape index (κ3) is 2.82. The number of hydrogen-bond donors (Lipinski definition) is 1. The van der Waals surface area contributed by atoms with Crippen LogP contribution in [0.15, 0.2) is 12.3 Å². The van der Waals surface area contributed by atoms with Crippen molar-refractivity contribution in [1.82, 2.24) is 9.47 Å². The van der Waals surface area contributed by atoms with E-state index in [9.17, 15) is 9.59 Å². The van der Waals surface area contributed by atoms with E-state index in [1.165, 1.54) is 0 Å². The number of aliphatic carboxylic acids is 1. The van der Waals surface area contributed by atoms with E-state index in [0.717, 1.165) is 13.0 Å². The Bertz CT molecular complexity index is 520. The predicted molar refractivity (Wildman–Crippen MR) is 75.9 cm³/mol. The zero-order valence-electron chi connectivity index (χ0n) is 11.7. The lowest BCUT2D eigenvalue weighted by molar-refractivity contribution is -0.144. The summed E-state index contributed by atoms with van der Waals surface area (Å²) >= 11 is 5.96. The van der Waals surface area contributed by atoms with Gasteiger partial charge in [-0.15, -0.1) is 0 Å². The quantitative estimate of drug-likeness (QED) is 0.907. The molecule has 1 fully saturated rings. The van der Waals surface area contributed by atoms with Crippen LogP contribution in [0.2, 0.25) is 5.02 Å². The van der Waals surface area contributed by atoms with Gasteiger partial charge < -0.3 is 14.6 Å². The normalized spacial score (nSPS) is 16.9. The van der Waals surface area contributed by atoms with Crippen LogP contribution in [-0.2, 0) is 11.3 Å². The number of rotatable bonds is 5. The SMILES string of the molecule is CCCn1cc(Cl)cc1C(=O)N1CC(C(C)C(=O)O)C1. The van der Waals surface area contributed by atoms with Crippen LogP contribution in [0.3, 0.4) is 0 Å². The number of halogens is 1. The summed E-state index contributed by atoms with van der Waals surface area (Å²) in [5.41, 5.74) is 0.582. The first-order valence-corrected chi connectivity index (χ1v) is 7.19. The molecule has 2 rings (SSSR count). The fourth-order valence-electron chi connectivity index (χ4n) is 2.44. The number of amides is 1. The predicted octanol–water partition coefficient (Wildman–Crippen LogP) is 2.34. The number of carboxylic acid groups (broad SMARTS) is 1. The standard InChI is InChI=1S/C14H19ClN2O3/c1-3-4-16-8-11(15)5-12(16)13(18)17-6-10(7-17)9(2)14(19)20/h5,8-10H,3-4,6-7H2,1-2H3,(H,19,20). The average Bonchev–Trinajstić information content (AvgIpc) is 2.68. The molecule has 1 aromatic heterocycles. The zero-order chi connectivity index (χ0) is 14.9. The number of carbonyl (C=O) groups is 2. The first-order chi connectivity index (χ1) is 9.43. The summed E-state index contributed by atoms with van der Waals surface area (Å²) in [4.78, 5) is 25.0. The Balaban J connectivity index is 2.02. The Kier molecular flexibility index (Phi) is 4.38. The van der Waals surface area contributed by atoms with E-state index in [1.54, 1.807) is 24.1 Å². The molecule has 1 N–H and O–H groups in total. The first-order valence-electron chi connectivity index (χ1n) is 6.81. The second kappa shape index (κ2) is 5.87. The topological polar surface area (TPSA) is 62.5 Å². The Labute approximate surface area is 123 Å². The molecule has 1 aliphatic rings. The lowest BCUT2D eigenvalue weighted by Crippen LogP contribution is -2.53. The Hall–Kier alpha value is -1.49. The van der Waals surface area contributed by atoms with Crippen LogP contribution in [0.4, 0.5) is 0 Å². The van der Waals surface area contributed by atoms with Crippen molar-refractivity contribution in [1.29, 1.82) is 0 Å². The Morgan fingerprint density at radius 2 is 2.15 bits per heavy atom. The van der Waals surface area contributed by atoms with Gasteiger partial charge >= 0.3 is 5.97 Å². The van der Waals surface area contributed by atoms with Gasteiger partial charge in [0.05, 0.1) is 10.9 Å². The molecule has 1 aromatic rings.